The molecule has 4 rings (SSSR count). The first-order chi connectivity index (χ1) is 13.9. The Kier molecular flexibility index (Phi) is 5.76. The molecule has 0 spiro atoms. The smallest absolute Gasteiger partial charge is 0.255 e. The number of carbonyl (C=O) groups is 1. The van der Waals surface area contributed by atoms with Gasteiger partial charge in [-0.1, -0.05) is 12.1 Å². The number of carbonyl (C=O) groups excluding carboxylic acids is 1. The molecule has 0 aliphatic rings. The van der Waals surface area contributed by atoms with E-state index in [1.54, 1.807) is 39.3 Å². The number of imidazole rings is 1. The van der Waals surface area contributed by atoms with Crippen LogP contribution in [0.1, 0.15) is 37.3 Å². The third-order valence-corrected chi connectivity index (χ3v) is 7.46. The van der Waals surface area contributed by atoms with Crippen LogP contribution in [0.2, 0.25) is 0 Å². The number of hydrogen-bond donors (Lipinski definition) is 0. The highest BCUT2D eigenvalue weighted by molar-refractivity contribution is 7.98. The minimum Gasteiger partial charge on any atom is -0.336 e. The van der Waals surface area contributed by atoms with Crippen molar-refractivity contribution in [1.82, 2.24) is 19.3 Å². The lowest BCUT2D eigenvalue weighted by Gasteiger charge is -2.19. The fraction of sp³-hybridized carbons (Fsp3) is 0.286. The third kappa shape index (κ3) is 4.24. The second-order valence-electron chi connectivity index (χ2n) is 6.94. The van der Waals surface area contributed by atoms with Gasteiger partial charge in [0.1, 0.15) is 0 Å². The van der Waals surface area contributed by atoms with Crippen LogP contribution >= 0.6 is 34.4 Å². The summed E-state index contributed by atoms with van der Waals surface area (Å²) in [5.74, 6) is 0.776. The predicted molar refractivity (Wildman–Crippen MR) is 121 cm³/mol. The summed E-state index contributed by atoms with van der Waals surface area (Å²) < 4.78 is 2.10. The molecule has 5 nitrogen and oxygen atoms in total. The molecule has 150 valence electrons. The monoisotopic (exact) mass is 442 g/mol. The van der Waals surface area contributed by atoms with Crippen LogP contribution in [0.25, 0.3) is 4.96 Å². The van der Waals surface area contributed by atoms with Crippen molar-refractivity contribution in [3.05, 3.63) is 68.4 Å². The minimum absolute atomic E-state index is 0.0175. The first-order valence-electron chi connectivity index (χ1n) is 9.24. The number of nitrogens with zero attached hydrogens (tertiary/aromatic N) is 4. The van der Waals surface area contributed by atoms with Crippen LogP contribution in [-0.4, -0.2) is 32.2 Å². The fourth-order valence-corrected chi connectivity index (χ4v) is 5.74. The molecular weight excluding hydrogens is 420 g/mol. The molecule has 0 aliphatic heterocycles. The summed E-state index contributed by atoms with van der Waals surface area (Å²) in [7, 11) is 1.85. The van der Waals surface area contributed by atoms with E-state index >= 15 is 0 Å². The van der Waals surface area contributed by atoms with Crippen LogP contribution < -0.4 is 0 Å². The minimum atomic E-state index is 0.0175. The van der Waals surface area contributed by atoms with Gasteiger partial charge in [-0.15, -0.1) is 34.4 Å². The average Bonchev–Trinajstić information content (AvgIpc) is 3.35. The second kappa shape index (κ2) is 8.30. The number of thiazole rings is 2. The predicted octanol–water partition coefficient (Wildman–Crippen LogP) is 5.34. The number of hydrogen-bond acceptors (Lipinski definition) is 6. The Bertz CT molecular complexity index is 1170. The molecule has 3 heterocycles. The Balaban J connectivity index is 1.53. The van der Waals surface area contributed by atoms with Crippen molar-refractivity contribution in [2.45, 2.75) is 38.0 Å². The molecule has 29 heavy (non-hydrogen) atoms. The van der Waals surface area contributed by atoms with Crippen LogP contribution in [0.15, 0.2) is 40.7 Å². The molecule has 0 unspecified atom stereocenters. The molecule has 0 N–H and O–H groups in total. The average molecular weight is 443 g/mol. The molecule has 0 radical (unpaired) electrons. The first kappa shape index (κ1) is 20.1. The molecule has 3 aromatic heterocycles. The Hall–Kier alpha value is -2.16. The van der Waals surface area contributed by atoms with E-state index in [-0.39, 0.29) is 5.91 Å². The quantitative estimate of drug-likeness (QED) is 0.378. The van der Waals surface area contributed by atoms with E-state index in [2.05, 4.69) is 32.9 Å². The van der Waals surface area contributed by atoms with E-state index in [4.69, 9.17) is 0 Å². The van der Waals surface area contributed by atoms with Gasteiger partial charge in [0.2, 0.25) is 0 Å². The summed E-state index contributed by atoms with van der Waals surface area (Å²) >= 11 is 4.98. The zero-order chi connectivity index (χ0) is 20.5. The van der Waals surface area contributed by atoms with Crippen molar-refractivity contribution in [2.75, 3.05) is 7.05 Å². The lowest BCUT2D eigenvalue weighted by molar-refractivity contribution is 0.0779. The molecule has 0 atom stereocenters. The zero-order valence-corrected chi connectivity index (χ0v) is 19.2. The number of fused-ring (bicyclic) bond motifs is 1. The van der Waals surface area contributed by atoms with Gasteiger partial charge in [0, 0.05) is 34.2 Å². The molecule has 0 saturated carbocycles. The maximum absolute atomic E-state index is 13.2. The van der Waals surface area contributed by atoms with Gasteiger partial charge in [-0.25, -0.2) is 9.97 Å². The second-order valence-corrected chi connectivity index (χ2v) is 10.2. The molecular formula is C21H22N4OS3. The SMILES string of the molecule is Cc1cn2c(CN(C)C(=O)c3ccccc3SCc3csc(C)n3)c(C)nc2s1. The summed E-state index contributed by atoms with van der Waals surface area (Å²) in [6, 6.07) is 7.81. The highest BCUT2D eigenvalue weighted by atomic mass is 32.2. The standard InChI is InChI=1S/C21H22N4OS3/c1-13-9-25-18(14(2)22-21(25)29-13)10-24(4)20(26)17-7-5-6-8-19(17)28-12-16-11-27-15(3)23-16/h5-9,11H,10,12H2,1-4H3. The number of rotatable bonds is 6. The number of amides is 1. The van der Waals surface area contributed by atoms with Crippen molar-refractivity contribution in [1.29, 1.82) is 0 Å². The van der Waals surface area contributed by atoms with Crippen molar-refractivity contribution in [3.63, 3.8) is 0 Å². The van der Waals surface area contributed by atoms with Gasteiger partial charge in [-0.3, -0.25) is 9.20 Å². The largest absolute Gasteiger partial charge is 0.336 e. The number of aryl methyl sites for hydroxylation is 3. The zero-order valence-electron chi connectivity index (χ0n) is 16.8. The summed E-state index contributed by atoms with van der Waals surface area (Å²) in [6.45, 7) is 6.61. The highest BCUT2D eigenvalue weighted by Gasteiger charge is 2.19. The van der Waals surface area contributed by atoms with Crippen molar-refractivity contribution in [2.24, 2.45) is 0 Å². The molecule has 0 bridgehead atoms. The first-order valence-corrected chi connectivity index (χ1v) is 11.9. The van der Waals surface area contributed by atoms with Crippen LogP contribution in [0.5, 0.6) is 0 Å². The molecule has 0 fully saturated rings. The molecule has 1 amide bonds. The van der Waals surface area contributed by atoms with E-state index in [0.29, 0.717) is 6.54 Å². The molecule has 4 aromatic rings. The van der Waals surface area contributed by atoms with Gasteiger partial charge in [-0.2, -0.15) is 0 Å². The van der Waals surface area contributed by atoms with E-state index in [0.717, 1.165) is 43.3 Å². The van der Waals surface area contributed by atoms with Gasteiger partial charge in [0.25, 0.3) is 5.91 Å². The number of aromatic nitrogens is 3. The molecule has 0 saturated heterocycles. The lowest BCUT2D eigenvalue weighted by atomic mass is 10.2. The van der Waals surface area contributed by atoms with E-state index in [1.807, 2.05) is 45.2 Å². The van der Waals surface area contributed by atoms with Crippen LogP contribution in [-0.2, 0) is 12.3 Å². The van der Waals surface area contributed by atoms with Gasteiger partial charge in [-0.05, 0) is 32.9 Å². The topological polar surface area (TPSA) is 50.5 Å². The van der Waals surface area contributed by atoms with Crippen molar-refractivity contribution >= 4 is 45.3 Å². The van der Waals surface area contributed by atoms with Crippen LogP contribution in [0.3, 0.4) is 0 Å². The van der Waals surface area contributed by atoms with Crippen LogP contribution in [0.4, 0.5) is 0 Å². The summed E-state index contributed by atoms with van der Waals surface area (Å²) in [4.78, 5) is 27.3. The lowest BCUT2D eigenvalue weighted by Crippen LogP contribution is -2.27. The van der Waals surface area contributed by atoms with Crippen LogP contribution in [0, 0.1) is 20.8 Å². The summed E-state index contributed by atoms with van der Waals surface area (Å²) in [6.07, 6.45) is 2.09. The van der Waals surface area contributed by atoms with Gasteiger partial charge < -0.3 is 4.90 Å². The number of benzene rings is 1. The molecule has 0 aliphatic carbocycles. The van der Waals surface area contributed by atoms with Gasteiger partial charge >= 0.3 is 0 Å². The Morgan fingerprint density at radius 2 is 2.00 bits per heavy atom. The van der Waals surface area contributed by atoms with E-state index in [1.165, 1.54) is 4.88 Å². The molecule has 8 heteroatoms. The van der Waals surface area contributed by atoms with E-state index in [9.17, 15) is 4.79 Å². The Morgan fingerprint density at radius 3 is 2.76 bits per heavy atom. The number of thioether (sulfide) groups is 1. The highest BCUT2D eigenvalue weighted by Crippen LogP contribution is 2.28. The normalized spacial score (nSPS) is 11.3. The van der Waals surface area contributed by atoms with Crippen molar-refractivity contribution < 1.29 is 4.79 Å². The maximum atomic E-state index is 13.2. The Labute approximate surface area is 182 Å². The van der Waals surface area contributed by atoms with Gasteiger partial charge in [0.05, 0.1) is 34.2 Å². The maximum Gasteiger partial charge on any atom is 0.255 e. The fourth-order valence-electron chi connectivity index (χ4n) is 3.20. The Morgan fingerprint density at radius 1 is 1.21 bits per heavy atom. The summed E-state index contributed by atoms with van der Waals surface area (Å²) in [5, 5.41) is 3.14. The van der Waals surface area contributed by atoms with Crippen molar-refractivity contribution in [3.8, 4) is 0 Å². The third-order valence-electron chi connectivity index (χ3n) is 4.63. The van der Waals surface area contributed by atoms with E-state index < -0.39 is 0 Å². The van der Waals surface area contributed by atoms with Gasteiger partial charge in [0.15, 0.2) is 4.96 Å². The molecule has 1 aromatic carbocycles. The summed E-state index contributed by atoms with van der Waals surface area (Å²) in [5.41, 5.74) is 3.81.